The summed E-state index contributed by atoms with van der Waals surface area (Å²) in [6.07, 6.45) is -1.04. The minimum absolute atomic E-state index is 0.0541. The van der Waals surface area contributed by atoms with Gasteiger partial charge in [-0.15, -0.1) is 0 Å². The number of halogens is 2. The van der Waals surface area contributed by atoms with Crippen molar-refractivity contribution >= 4 is 33.3 Å². The Morgan fingerprint density at radius 2 is 1.35 bits per heavy atom. The fourth-order valence-corrected chi connectivity index (χ4v) is 4.19. The van der Waals surface area contributed by atoms with E-state index in [1.165, 1.54) is 12.1 Å². The molecule has 2 N–H and O–H groups in total. The van der Waals surface area contributed by atoms with Gasteiger partial charge < -0.3 is 10.4 Å². The standard InChI is InChI=1S/C23H23Cl2NO4S/c1-16-2-12-22(13-3-16)31(28,29)30-15-21(27)14-26-23(17-4-8-19(24)9-5-17)18-6-10-20(25)11-7-18/h2-13,21,23,26-27H,14-15H2,1H3. The second-order valence-electron chi connectivity index (χ2n) is 7.15. The van der Waals surface area contributed by atoms with E-state index >= 15 is 0 Å². The molecule has 3 rings (SSSR count). The van der Waals surface area contributed by atoms with Gasteiger partial charge in [0.2, 0.25) is 0 Å². The normalized spacial score (nSPS) is 12.8. The Morgan fingerprint density at radius 3 is 1.84 bits per heavy atom. The van der Waals surface area contributed by atoms with Crippen molar-refractivity contribution < 1.29 is 17.7 Å². The second-order valence-corrected chi connectivity index (χ2v) is 9.64. The molecular weight excluding hydrogens is 457 g/mol. The summed E-state index contributed by atoms with van der Waals surface area (Å²) in [5.74, 6) is 0. The zero-order valence-electron chi connectivity index (χ0n) is 16.8. The lowest BCUT2D eigenvalue weighted by Crippen LogP contribution is -2.34. The van der Waals surface area contributed by atoms with E-state index < -0.39 is 16.2 Å². The molecule has 0 saturated carbocycles. The molecule has 0 heterocycles. The Bertz CT molecular complexity index is 1040. The van der Waals surface area contributed by atoms with E-state index in [0.29, 0.717) is 10.0 Å². The zero-order valence-corrected chi connectivity index (χ0v) is 19.2. The van der Waals surface area contributed by atoms with Gasteiger partial charge in [-0.3, -0.25) is 4.18 Å². The van der Waals surface area contributed by atoms with Crippen LogP contribution in [-0.4, -0.2) is 32.8 Å². The number of rotatable bonds is 9. The summed E-state index contributed by atoms with van der Waals surface area (Å²) >= 11 is 12.0. The SMILES string of the molecule is Cc1ccc(S(=O)(=O)OCC(O)CNC(c2ccc(Cl)cc2)c2ccc(Cl)cc2)cc1. The Morgan fingerprint density at radius 1 is 0.871 bits per heavy atom. The van der Waals surface area contributed by atoms with Gasteiger partial charge in [0.25, 0.3) is 10.1 Å². The highest BCUT2D eigenvalue weighted by Gasteiger charge is 2.19. The van der Waals surface area contributed by atoms with Gasteiger partial charge in [0, 0.05) is 16.6 Å². The third kappa shape index (κ3) is 6.77. The van der Waals surface area contributed by atoms with Crippen LogP contribution in [0.5, 0.6) is 0 Å². The van der Waals surface area contributed by atoms with Gasteiger partial charge >= 0.3 is 0 Å². The van der Waals surface area contributed by atoms with Crippen LogP contribution in [0.2, 0.25) is 10.0 Å². The molecule has 0 bridgehead atoms. The van der Waals surface area contributed by atoms with E-state index in [0.717, 1.165) is 16.7 Å². The fraction of sp³-hybridized carbons (Fsp3) is 0.217. The number of aliphatic hydroxyl groups is 1. The number of nitrogens with one attached hydrogen (secondary N) is 1. The second kappa shape index (κ2) is 10.6. The molecule has 8 heteroatoms. The Balaban J connectivity index is 1.65. The molecule has 0 aliphatic heterocycles. The summed E-state index contributed by atoms with van der Waals surface area (Å²) in [6, 6.07) is 20.8. The van der Waals surface area contributed by atoms with Crippen LogP contribution < -0.4 is 5.32 Å². The summed E-state index contributed by atoms with van der Waals surface area (Å²) in [5.41, 5.74) is 2.82. The maximum absolute atomic E-state index is 12.3. The molecule has 0 aromatic heterocycles. The average molecular weight is 480 g/mol. The van der Waals surface area contributed by atoms with Crippen molar-refractivity contribution in [3.8, 4) is 0 Å². The van der Waals surface area contributed by atoms with Crippen LogP contribution in [0, 0.1) is 6.92 Å². The van der Waals surface area contributed by atoms with Crippen LogP contribution in [0.15, 0.2) is 77.7 Å². The predicted molar refractivity (Wildman–Crippen MR) is 123 cm³/mol. The predicted octanol–water partition coefficient (Wildman–Crippen LogP) is 4.75. The first-order valence-electron chi connectivity index (χ1n) is 9.63. The summed E-state index contributed by atoms with van der Waals surface area (Å²) in [7, 11) is -3.94. The van der Waals surface area contributed by atoms with Crippen molar-refractivity contribution in [1.29, 1.82) is 0 Å². The number of benzene rings is 3. The van der Waals surface area contributed by atoms with Gasteiger partial charge in [0.05, 0.1) is 23.6 Å². The van der Waals surface area contributed by atoms with Crippen molar-refractivity contribution in [3.05, 3.63) is 99.5 Å². The lowest BCUT2D eigenvalue weighted by atomic mass is 9.98. The number of aryl methyl sites for hydroxylation is 1. The fourth-order valence-electron chi connectivity index (χ4n) is 2.99. The Hall–Kier alpha value is -1.93. The highest BCUT2D eigenvalue weighted by molar-refractivity contribution is 7.86. The van der Waals surface area contributed by atoms with Crippen molar-refractivity contribution in [3.63, 3.8) is 0 Å². The van der Waals surface area contributed by atoms with Crippen molar-refractivity contribution in [1.82, 2.24) is 5.32 Å². The molecule has 0 aliphatic carbocycles. The number of aliphatic hydroxyl groups excluding tert-OH is 1. The quantitative estimate of drug-likeness (QED) is 0.433. The van der Waals surface area contributed by atoms with Gasteiger partial charge in [-0.05, 0) is 54.4 Å². The zero-order chi connectivity index (χ0) is 22.4. The summed E-state index contributed by atoms with van der Waals surface area (Å²) in [4.78, 5) is 0.0541. The highest BCUT2D eigenvalue weighted by atomic mass is 35.5. The summed E-state index contributed by atoms with van der Waals surface area (Å²) in [6.45, 7) is 1.61. The molecule has 0 amide bonds. The van der Waals surface area contributed by atoms with E-state index in [1.807, 2.05) is 31.2 Å². The molecule has 1 unspecified atom stereocenters. The molecule has 0 fully saturated rings. The minimum Gasteiger partial charge on any atom is -0.389 e. The van der Waals surface area contributed by atoms with Gasteiger partial charge in [-0.25, -0.2) is 0 Å². The van der Waals surface area contributed by atoms with Crippen molar-refractivity contribution in [2.45, 2.75) is 24.0 Å². The van der Waals surface area contributed by atoms with Crippen LogP contribution in [0.4, 0.5) is 0 Å². The van der Waals surface area contributed by atoms with E-state index in [9.17, 15) is 13.5 Å². The molecule has 3 aromatic carbocycles. The van der Waals surface area contributed by atoms with Crippen LogP contribution in [0.3, 0.4) is 0 Å². The molecular formula is C23H23Cl2NO4S. The first kappa shape index (κ1) is 23.7. The molecule has 0 radical (unpaired) electrons. The number of hydrogen-bond acceptors (Lipinski definition) is 5. The van der Waals surface area contributed by atoms with Crippen LogP contribution >= 0.6 is 23.2 Å². The first-order valence-corrected chi connectivity index (χ1v) is 11.8. The van der Waals surface area contributed by atoms with Gasteiger partial charge in [0.1, 0.15) is 0 Å². The molecule has 164 valence electrons. The third-order valence-corrected chi connectivity index (χ3v) is 6.49. The van der Waals surface area contributed by atoms with E-state index in [2.05, 4.69) is 5.32 Å². The lowest BCUT2D eigenvalue weighted by molar-refractivity contribution is 0.107. The largest absolute Gasteiger partial charge is 0.389 e. The van der Waals surface area contributed by atoms with Crippen molar-refractivity contribution in [2.24, 2.45) is 0 Å². The molecule has 5 nitrogen and oxygen atoms in total. The van der Waals surface area contributed by atoms with Crippen molar-refractivity contribution in [2.75, 3.05) is 13.2 Å². The smallest absolute Gasteiger partial charge is 0.297 e. The molecule has 0 saturated heterocycles. The maximum atomic E-state index is 12.3. The molecule has 1 atom stereocenters. The monoisotopic (exact) mass is 479 g/mol. The third-order valence-electron chi connectivity index (χ3n) is 4.69. The van der Waals surface area contributed by atoms with E-state index in [-0.39, 0.29) is 24.1 Å². The minimum atomic E-state index is -3.94. The molecule has 0 spiro atoms. The lowest BCUT2D eigenvalue weighted by Gasteiger charge is -2.22. The molecule has 0 aliphatic rings. The summed E-state index contributed by atoms with van der Waals surface area (Å²) in [5, 5.41) is 14.8. The maximum Gasteiger partial charge on any atom is 0.297 e. The number of hydrogen-bond donors (Lipinski definition) is 2. The summed E-state index contributed by atoms with van der Waals surface area (Å²) < 4.78 is 29.7. The van der Waals surface area contributed by atoms with Gasteiger partial charge in [-0.1, -0.05) is 65.2 Å². The highest BCUT2D eigenvalue weighted by Crippen LogP contribution is 2.25. The van der Waals surface area contributed by atoms with Gasteiger partial charge in [-0.2, -0.15) is 8.42 Å². The first-order chi connectivity index (χ1) is 14.7. The Kier molecular flexibility index (Phi) is 8.11. The van der Waals surface area contributed by atoms with Gasteiger partial charge in [0.15, 0.2) is 0 Å². The molecule has 31 heavy (non-hydrogen) atoms. The van der Waals surface area contributed by atoms with E-state index in [1.54, 1.807) is 36.4 Å². The van der Waals surface area contributed by atoms with E-state index in [4.69, 9.17) is 27.4 Å². The van der Waals surface area contributed by atoms with Crippen LogP contribution in [-0.2, 0) is 14.3 Å². The van der Waals surface area contributed by atoms with Crippen LogP contribution in [0.25, 0.3) is 0 Å². The van der Waals surface area contributed by atoms with Crippen LogP contribution in [0.1, 0.15) is 22.7 Å². The topological polar surface area (TPSA) is 75.6 Å². The average Bonchev–Trinajstić information content (AvgIpc) is 2.75. The Labute approximate surface area is 192 Å². The molecule has 3 aromatic rings.